The van der Waals surface area contributed by atoms with Crippen molar-refractivity contribution in [3.05, 3.63) is 0 Å². The van der Waals surface area contributed by atoms with Crippen molar-refractivity contribution in [2.75, 3.05) is 53.6 Å². The molecule has 0 radical (unpaired) electrons. The van der Waals surface area contributed by atoms with E-state index < -0.39 is 0 Å². The fourth-order valence-electron chi connectivity index (χ4n) is 6.16. The molecule has 4 rings (SSSR count). The minimum atomic E-state index is 0.260. The number of hydrogen-bond donors (Lipinski definition) is 3. The van der Waals surface area contributed by atoms with Crippen molar-refractivity contribution in [3.8, 4) is 0 Å². The average molecular weight is 453 g/mol. The second-order valence-electron chi connectivity index (χ2n) is 10.7. The minimum Gasteiger partial charge on any atom is -0.381 e. The molecule has 186 valence electrons. The van der Waals surface area contributed by atoms with Crippen molar-refractivity contribution >= 4 is 0 Å². The number of methoxy groups -OCH3 is 1. The second kappa shape index (κ2) is 13.0. The summed E-state index contributed by atoms with van der Waals surface area (Å²) in [6.07, 6.45) is 13.9. The molecule has 1 unspecified atom stereocenters. The number of nitrogens with one attached hydrogen (secondary N) is 3. The van der Waals surface area contributed by atoms with Gasteiger partial charge in [-0.05, 0) is 83.1 Å². The van der Waals surface area contributed by atoms with Gasteiger partial charge in [0.25, 0.3) is 0 Å². The van der Waals surface area contributed by atoms with Crippen LogP contribution in [0.3, 0.4) is 0 Å². The molecule has 0 aromatic rings. The molecule has 2 aliphatic heterocycles. The fourth-order valence-corrected chi connectivity index (χ4v) is 6.16. The summed E-state index contributed by atoms with van der Waals surface area (Å²) in [5.74, 6) is 1.60. The Morgan fingerprint density at radius 1 is 0.906 bits per heavy atom. The third-order valence-corrected chi connectivity index (χ3v) is 8.33. The summed E-state index contributed by atoms with van der Waals surface area (Å²) in [7, 11) is 4.04. The summed E-state index contributed by atoms with van der Waals surface area (Å²) < 4.78 is 17.5. The van der Waals surface area contributed by atoms with Gasteiger partial charge in [0, 0.05) is 45.9 Å². The standard InChI is InChI=1S/C25H48N4O3/c1-29(18-24-4-3-14-31-24)13-15-32-23-11-7-21(8-12-23)28-25-26-16-20(17-27-25)19-5-9-22(30-2)10-6-19/h19-28H,3-18H2,1-2H3. The Labute approximate surface area is 195 Å². The Hall–Kier alpha value is -0.280. The van der Waals surface area contributed by atoms with Crippen molar-refractivity contribution in [2.45, 2.75) is 94.9 Å². The van der Waals surface area contributed by atoms with Gasteiger partial charge in [-0.3, -0.25) is 16.0 Å². The van der Waals surface area contributed by atoms with Crippen LogP contribution >= 0.6 is 0 Å². The summed E-state index contributed by atoms with van der Waals surface area (Å²) in [6.45, 7) is 6.08. The number of nitrogens with zero attached hydrogens (tertiary/aromatic N) is 1. The zero-order valence-corrected chi connectivity index (χ0v) is 20.5. The van der Waals surface area contributed by atoms with Gasteiger partial charge in [0.15, 0.2) is 0 Å². The van der Waals surface area contributed by atoms with Crippen molar-refractivity contribution in [1.82, 2.24) is 20.9 Å². The molecule has 32 heavy (non-hydrogen) atoms. The zero-order valence-electron chi connectivity index (χ0n) is 20.5. The maximum Gasteiger partial charge on any atom is 0.112 e. The lowest BCUT2D eigenvalue weighted by atomic mass is 9.78. The van der Waals surface area contributed by atoms with Gasteiger partial charge in [0.1, 0.15) is 6.29 Å². The van der Waals surface area contributed by atoms with Crippen molar-refractivity contribution in [2.24, 2.45) is 11.8 Å². The van der Waals surface area contributed by atoms with E-state index in [2.05, 4.69) is 27.9 Å². The lowest BCUT2D eigenvalue weighted by molar-refractivity contribution is 0.00519. The van der Waals surface area contributed by atoms with E-state index >= 15 is 0 Å². The van der Waals surface area contributed by atoms with Gasteiger partial charge in [-0.1, -0.05) is 0 Å². The van der Waals surface area contributed by atoms with Crippen LogP contribution in [0.1, 0.15) is 64.2 Å². The highest BCUT2D eigenvalue weighted by Crippen LogP contribution is 2.32. The van der Waals surface area contributed by atoms with Gasteiger partial charge in [-0.2, -0.15) is 0 Å². The van der Waals surface area contributed by atoms with Gasteiger partial charge >= 0.3 is 0 Å². The second-order valence-corrected chi connectivity index (χ2v) is 10.7. The van der Waals surface area contributed by atoms with Gasteiger partial charge < -0.3 is 19.1 Å². The third-order valence-electron chi connectivity index (χ3n) is 8.33. The van der Waals surface area contributed by atoms with Crippen molar-refractivity contribution in [3.63, 3.8) is 0 Å². The maximum absolute atomic E-state index is 6.20. The van der Waals surface area contributed by atoms with E-state index in [0.717, 1.165) is 51.2 Å². The number of likely N-dealkylation sites (N-methyl/N-ethyl adjacent to an activating group) is 1. The predicted molar refractivity (Wildman–Crippen MR) is 128 cm³/mol. The first-order valence-electron chi connectivity index (χ1n) is 13.4. The number of rotatable bonds is 10. The molecule has 3 N–H and O–H groups in total. The lowest BCUT2D eigenvalue weighted by Gasteiger charge is -2.40. The van der Waals surface area contributed by atoms with E-state index in [9.17, 15) is 0 Å². The molecule has 2 saturated heterocycles. The van der Waals surface area contributed by atoms with Crippen LogP contribution in [-0.2, 0) is 14.2 Å². The lowest BCUT2D eigenvalue weighted by Crippen LogP contribution is -2.63. The molecular formula is C25H48N4O3. The monoisotopic (exact) mass is 452 g/mol. The molecular weight excluding hydrogens is 404 g/mol. The summed E-state index contributed by atoms with van der Waals surface area (Å²) >= 11 is 0. The van der Waals surface area contributed by atoms with E-state index in [0.29, 0.717) is 24.4 Å². The molecule has 2 saturated carbocycles. The van der Waals surface area contributed by atoms with Crippen LogP contribution in [0.2, 0.25) is 0 Å². The van der Waals surface area contributed by atoms with E-state index in [1.54, 1.807) is 0 Å². The average Bonchev–Trinajstić information content (AvgIpc) is 3.34. The quantitative estimate of drug-likeness (QED) is 0.470. The van der Waals surface area contributed by atoms with Gasteiger partial charge in [0.2, 0.25) is 0 Å². The van der Waals surface area contributed by atoms with Gasteiger partial charge in [-0.15, -0.1) is 0 Å². The summed E-state index contributed by atoms with van der Waals surface area (Å²) in [5, 5.41) is 11.3. The highest BCUT2D eigenvalue weighted by atomic mass is 16.5. The smallest absolute Gasteiger partial charge is 0.112 e. The van der Waals surface area contributed by atoms with Crippen molar-refractivity contribution < 1.29 is 14.2 Å². The van der Waals surface area contributed by atoms with Crippen LogP contribution < -0.4 is 16.0 Å². The molecule has 0 aromatic heterocycles. The molecule has 7 heteroatoms. The molecule has 2 aliphatic carbocycles. The van der Waals surface area contributed by atoms with Crippen LogP contribution in [0, 0.1) is 11.8 Å². The fraction of sp³-hybridized carbons (Fsp3) is 1.00. The number of hydrogen-bond acceptors (Lipinski definition) is 7. The molecule has 0 amide bonds. The van der Waals surface area contributed by atoms with Crippen LogP contribution in [0.15, 0.2) is 0 Å². The molecule has 1 atom stereocenters. The number of ether oxygens (including phenoxy) is 3. The molecule has 2 heterocycles. The highest BCUT2D eigenvalue weighted by molar-refractivity contribution is 4.87. The minimum absolute atomic E-state index is 0.260. The van der Waals surface area contributed by atoms with E-state index in [1.807, 2.05) is 7.11 Å². The normalized spacial score (nSPS) is 38.9. The first-order chi connectivity index (χ1) is 15.7. The molecule has 0 spiro atoms. The molecule has 0 bridgehead atoms. The molecule has 4 fully saturated rings. The summed E-state index contributed by atoms with van der Waals surface area (Å²) in [4.78, 5) is 2.36. The predicted octanol–water partition coefficient (Wildman–Crippen LogP) is 2.31. The highest BCUT2D eigenvalue weighted by Gasteiger charge is 2.31. The topological polar surface area (TPSA) is 67.0 Å². The largest absolute Gasteiger partial charge is 0.381 e. The first-order valence-corrected chi connectivity index (χ1v) is 13.4. The SMILES string of the molecule is COC1CCC(C2CNC(NC3CCC(OCCN(C)CC4CCCO4)CC3)NC2)CC1. The Morgan fingerprint density at radius 2 is 1.62 bits per heavy atom. The molecule has 7 nitrogen and oxygen atoms in total. The summed E-state index contributed by atoms with van der Waals surface area (Å²) in [6, 6.07) is 0.593. The third kappa shape index (κ3) is 7.62. The molecule has 4 aliphatic rings. The van der Waals surface area contributed by atoms with Crippen LogP contribution in [-0.4, -0.2) is 89.1 Å². The Balaban J connectivity index is 1.04. The van der Waals surface area contributed by atoms with E-state index in [4.69, 9.17) is 14.2 Å². The van der Waals surface area contributed by atoms with Gasteiger partial charge in [0.05, 0.1) is 24.9 Å². The zero-order chi connectivity index (χ0) is 22.2. The Bertz CT molecular complexity index is 509. The Morgan fingerprint density at radius 3 is 2.28 bits per heavy atom. The van der Waals surface area contributed by atoms with Gasteiger partial charge in [-0.25, -0.2) is 0 Å². The van der Waals surface area contributed by atoms with Crippen LogP contribution in [0.5, 0.6) is 0 Å². The van der Waals surface area contributed by atoms with Crippen LogP contribution in [0.4, 0.5) is 0 Å². The Kier molecular flexibility index (Phi) is 10.1. The summed E-state index contributed by atoms with van der Waals surface area (Å²) in [5.41, 5.74) is 0. The van der Waals surface area contributed by atoms with Crippen molar-refractivity contribution in [1.29, 1.82) is 0 Å². The van der Waals surface area contributed by atoms with E-state index in [-0.39, 0.29) is 6.29 Å². The van der Waals surface area contributed by atoms with Crippen LogP contribution in [0.25, 0.3) is 0 Å². The van der Waals surface area contributed by atoms with E-state index in [1.165, 1.54) is 64.2 Å². The molecule has 0 aromatic carbocycles. The first kappa shape index (κ1) is 24.8. The maximum atomic E-state index is 6.20.